The van der Waals surface area contributed by atoms with E-state index in [0.717, 1.165) is 0 Å². The van der Waals surface area contributed by atoms with Crippen molar-refractivity contribution in [2.24, 2.45) is 0 Å². The van der Waals surface area contributed by atoms with Crippen molar-refractivity contribution >= 4 is 21.7 Å². The number of para-hydroxylation sites is 1. The fourth-order valence-electron chi connectivity index (χ4n) is 3.30. The highest BCUT2D eigenvalue weighted by atomic mass is 32.2. The van der Waals surface area contributed by atoms with E-state index in [4.69, 9.17) is 14.2 Å². The van der Waals surface area contributed by atoms with Crippen LogP contribution in [0.15, 0.2) is 47.4 Å². The minimum absolute atomic E-state index is 0.0999. The molecule has 8 heteroatoms. The van der Waals surface area contributed by atoms with Gasteiger partial charge in [-0.3, -0.25) is 9.10 Å². The molecule has 0 saturated heterocycles. The first-order chi connectivity index (χ1) is 12.5. The van der Waals surface area contributed by atoms with Gasteiger partial charge >= 0.3 is 5.97 Å². The molecule has 0 aliphatic carbocycles. The molecule has 136 valence electrons. The number of carbonyl (C=O) groups is 1. The summed E-state index contributed by atoms with van der Waals surface area (Å²) in [5, 5.41) is 0. The lowest BCUT2D eigenvalue weighted by molar-refractivity contribution is -0.141. The van der Waals surface area contributed by atoms with E-state index < -0.39 is 22.0 Å². The molecule has 4 rings (SSSR count). The fraction of sp³-hybridized carbons (Fsp3) is 0.278. The molecule has 0 bridgehead atoms. The molecular formula is C18H17NO6S. The quantitative estimate of drug-likeness (QED) is 0.766. The smallest absolute Gasteiger partial charge is 0.307 e. The predicted molar refractivity (Wildman–Crippen MR) is 92.9 cm³/mol. The van der Waals surface area contributed by atoms with Crippen molar-refractivity contribution in [3.63, 3.8) is 0 Å². The highest BCUT2D eigenvalue weighted by Crippen LogP contribution is 2.48. The first kappa shape index (κ1) is 16.7. The molecule has 0 aromatic heterocycles. The van der Waals surface area contributed by atoms with Crippen molar-refractivity contribution in [2.75, 3.05) is 24.6 Å². The van der Waals surface area contributed by atoms with Gasteiger partial charge in [0.25, 0.3) is 10.0 Å². The average molecular weight is 375 g/mol. The number of fused-ring (bicyclic) bond motifs is 2. The van der Waals surface area contributed by atoms with Crippen LogP contribution in [0.25, 0.3) is 0 Å². The highest BCUT2D eigenvalue weighted by Gasteiger charge is 2.45. The highest BCUT2D eigenvalue weighted by molar-refractivity contribution is 7.93. The number of anilines is 1. The molecule has 2 heterocycles. The van der Waals surface area contributed by atoms with Gasteiger partial charge in [0.15, 0.2) is 11.5 Å². The summed E-state index contributed by atoms with van der Waals surface area (Å²) in [4.78, 5) is 12.1. The Kier molecular flexibility index (Phi) is 3.99. The summed E-state index contributed by atoms with van der Waals surface area (Å²) in [6.07, 6.45) is -0.0999. The van der Waals surface area contributed by atoms with E-state index in [2.05, 4.69) is 0 Å². The number of ether oxygens (including phenoxy) is 3. The van der Waals surface area contributed by atoms with Gasteiger partial charge in [0, 0.05) is 11.6 Å². The number of methoxy groups -OCH3 is 1. The van der Waals surface area contributed by atoms with Gasteiger partial charge in [0.2, 0.25) is 0 Å². The van der Waals surface area contributed by atoms with Gasteiger partial charge in [-0.25, -0.2) is 8.42 Å². The van der Waals surface area contributed by atoms with Gasteiger partial charge in [-0.15, -0.1) is 0 Å². The largest absolute Gasteiger partial charge is 0.486 e. The maximum atomic E-state index is 13.2. The molecule has 0 N–H and O–H groups in total. The van der Waals surface area contributed by atoms with E-state index in [0.29, 0.717) is 36.0 Å². The Bertz CT molecular complexity index is 957. The number of nitrogens with zero attached hydrogens (tertiary/aromatic N) is 1. The Morgan fingerprint density at radius 3 is 2.46 bits per heavy atom. The predicted octanol–water partition coefficient (Wildman–Crippen LogP) is 2.27. The summed E-state index contributed by atoms with van der Waals surface area (Å²) < 4.78 is 43.6. The Morgan fingerprint density at radius 1 is 1.15 bits per heavy atom. The molecule has 1 unspecified atom stereocenters. The van der Waals surface area contributed by atoms with Crippen LogP contribution in [0.1, 0.15) is 18.0 Å². The van der Waals surface area contributed by atoms with E-state index in [1.54, 1.807) is 36.4 Å². The van der Waals surface area contributed by atoms with Crippen LogP contribution >= 0.6 is 0 Å². The molecule has 0 spiro atoms. The first-order valence-corrected chi connectivity index (χ1v) is 9.56. The molecule has 2 aliphatic heterocycles. The standard InChI is InChI=1S/C18H17NO6S/c1-23-18(20)10-14-13-9-15-16(25-8-7-24-15)11-17(13)26(21,22)19(14)12-5-3-2-4-6-12/h2-6,9,11,14H,7-8,10H2,1H3. The summed E-state index contributed by atoms with van der Waals surface area (Å²) >= 11 is 0. The second-order valence-corrected chi connectivity index (χ2v) is 7.75. The Labute approximate surface area is 151 Å². The van der Waals surface area contributed by atoms with Crippen LogP contribution in [0.2, 0.25) is 0 Å². The van der Waals surface area contributed by atoms with Gasteiger partial charge in [-0.1, -0.05) is 18.2 Å². The average Bonchev–Trinajstić information content (AvgIpc) is 2.87. The zero-order valence-electron chi connectivity index (χ0n) is 14.0. The summed E-state index contributed by atoms with van der Waals surface area (Å²) in [5.41, 5.74) is 0.987. The molecule has 0 radical (unpaired) electrons. The third kappa shape index (κ3) is 2.57. The molecule has 2 aliphatic rings. The topological polar surface area (TPSA) is 82.1 Å². The number of hydrogen-bond acceptors (Lipinski definition) is 6. The Balaban J connectivity index is 1.90. The summed E-state index contributed by atoms with van der Waals surface area (Å²) in [6.45, 7) is 0.752. The zero-order chi connectivity index (χ0) is 18.3. The number of rotatable bonds is 3. The van der Waals surface area contributed by atoms with Gasteiger partial charge in [0.05, 0.1) is 30.2 Å². The fourth-order valence-corrected chi connectivity index (χ4v) is 5.18. The van der Waals surface area contributed by atoms with Gasteiger partial charge in [0.1, 0.15) is 13.2 Å². The second kappa shape index (κ2) is 6.21. The monoisotopic (exact) mass is 375 g/mol. The molecule has 0 saturated carbocycles. The first-order valence-electron chi connectivity index (χ1n) is 8.12. The maximum absolute atomic E-state index is 13.2. The van der Waals surface area contributed by atoms with Gasteiger partial charge in [-0.2, -0.15) is 0 Å². The molecular weight excluding hydrogens is 358 g/mol. The van der Waals surface area contributed by atoms with E-state index in [1.807, 2.05) is 0 Å². The van der Waals surface area contributed by atoms with Crippen LogP contribution in [-0.4, -0.2) is 34.7 Å². The second-order valence-electron chi connectivity index (χ2n) is 5.97. The summed E-state index contributed by atoms with van der Waals surface area (Å²) in [5.74, 6) is 0.383. The minimum Gasteiger partial charge on any atom is -0.486 e. The van der Waals surface area contributed by atoms with Gasteiger partial charge < -0.3 is 14.2 Å². The third-order valence-corrected chi connectivity index (χ3v) is 6.34. The van der Waals surface area contributed by atoms with E-state index >= 15 is 0 Å². The van der Waals surface area contributed by atoms with Crippen molar-refractivity contribution in [1.29, 1.82) is 0 Å². The van der Waals surface area contributed by atoms with Gasteiger partial charge in [-0.05, 0) is 18.2 Å². The van der Waals surface area contributed by atoms with Crippen molar-refractivity contribution in [2.45, 2.75) is 17.4 Å². The number of sulfonamides is 1. The third-order valence-electron chi connectivity index (χ3n) is 4.45. The van der Waals surface area contributed by atoms with Crippen LogP contribution in [0.3, 0.4) is 0 Å². The molecule has 26 heavy (non-hydrogen) atoms. The lowest BCUT2D eigenvalue weighted by atomic mass is 10.0. The van der Waals surface area contributed by atoms with Crippen molar-refractivity contribution in [3.8, 4) is 11.5 Å². The lowest BCUT2D eigenvalue weighted by Crippen LogP contribution is -2.29. The van der Waals surface area contributed by atoms with Crippen LogP contribution in [0.5, 0.6) is 11.5 Å². The van der Waals surface area contributed by atoms with Crippen LogP contribution in [0, 0.1) is 0 Å². The zero-order valence-corrected chi connectivity index (χ0v) is 14.9. The number of esters is 1. The van der Waals surface area contributed by atoms with Crippen molar-refractivity contribution in [1.82, 2.24) is 0 Å². The summed E-state index contributed by atoms with van der Waals surface area (Å²) in [7, 11) is -2.56. The molecule has 2 aromatic rings. The number of carbonyl (C=O) groups excluding carboxylic acids is 1. The molecule has 0 amide bonds. The normalized spacial score (nSPS) is 19.7. The minimum atomic E-state index is -3.85. The lowest BCUT2D eigenvalue weighted by Gasteiger charge is -2.25. The van der Waals surface area contributed by atoms with Crippen molar-refractivity contribution < 1.29 is 27.4 Å². The molecule has 1 atom stereocenters. The molecule has 0 fully saturated rings. The summed E-state index contributed by atoms with van der Waals surface area (Å²) in [6, 6.07) is 11.1. The van der Waals surface area contributed by atoms with Crippen LogP contribution in [-0.2, 0) is 19.6 Å². The number of hydrogen-bond donors (Lipinski definition) is 0. The number of benzene rings is 2. The maximum Gasteiger partial charge on any atom is 0.307 e. The molecule has 7 nitrogen and oxygen atoms in total. The Hall–Kier alpha value is -2.74. The SMILES string of the molecule is COC(=O)CC1c2cc3c(cc2S(=O)(=O)N1c1ccccc1)OCCO3. The van der Waals surface area contributed by atoms with Crippen LogP contribution in [0.4, 0.5) is 5.69 Å². The van der Waals surface area contributed by atoms with E-state index in [-0.39, 0.29) is 11.3 Å². The molecule has 2 aromatic carbocycles. The Morgan fingerprint density at radius 2 is 1.81 bits per heavy atom. The van der Waals surface area contributed by atoms with Crippen LogP contribution < -0.4 is 13.8 Å². The van der Waals surface area contributed by atoms with Crippen molar-refractivity contribution in [3.05, 3.63) is 48.0 Å². The van der Waals surface area contributed by atoms with E-state index in [1.165, 1.54) is 17.5 Å². The van der Waals surface area contributed by atoms with E-state index in [9.17, 15) is 13.2 Å².